The average molecular weight is 287 g/mol. The van der Waals surface area contributed by atoms with Gasteiger partial charge in [-0.15, -0.1) is 0 Å². The minimum atomic E-state index is -0.0513. The lowest BCUT2D eigenvalue weighted by molar-refractivity contribution is -0.128. The first-order valence-electron chi connectivity index (χ1n) is 4.16. The molecule has 1 amide bonds. The summed E-state index contributed by atoms with van der Waals surface area (Å²) in [5.74, 6) is 0.213. The molecule has 0 aliphatic carbocycles. The third-order valence-electron chi connectivity index (χ3n) is 2.25. The van der Waals surface area contributed by atoms with Gasteiger partial charge in [-0.25, -0.2) is 0 Å². The number of halogens is 1. The number of likely N-dealkylation sites (N-methyl/N-ethyl adjacent to an activating group) is 1. The molecular formula is C10H10INO. The molecule has 0 fully saturated rings. The van der Waals surface area contributed by atoms with Gasteiger partial charge in [0.05, 0.1) is 5.70 Å². The fourth-order valence-corrected chi connectivity index (χ4v) is 2.77. The second-order valence-electron chi connectivity index (χ2n) is 3.02. The van der Waals surface area contributed by atoms with Crippen molar-refractivity contribution in [1.82, 2.24) is 4.90 Å². The number of hydrogen-bond donors (Lipinski definition) is 0. The van der Waals surface area contributed by atoms with Crippen LogP contribution in [0.1, 0.15) is 12.8 Å². The number of carbonyl (C=O) groups is 1. The lowest BCUT2D eigenvalue weighted by Crippen LogP contribution is -2.29. The molecule has 0 saturated carbocycles. The smallest absolute Gasteiger partial charge is 0.227 e. The number of rotatable bonds is 0. The SMILES string of the molecule is CN1C(=O)CCC2=C1C=C=IC=C2. The van der Waals surface area contributed by atoms with Gasteiger partial charge in [0.2, 0.25) is 5.91 Å². The highest BCUT2D eigenvalue weighted by Gasteiger charge is 2.20. The van der Waals surface area contributed by atoms with Crippen LogP contribution in [0, 0.1) is 0 Å². The zero-order chi connectivity index (χ0) is 9.26. The molecule has 0 bridgehead atoms. The molecule has 2 rings (SSSR count). The van der Waals surface area contributed by atoms with Crippen LogP contribution in [0.5, 0.6) is 0 Å². The van der Waals surface area contributed by atoms with Crippen LogP contribution in [-0.2, 0) is 4.79 Å². The second kappa shape index (κ2) is 3.60. The maximum absolute atomic E-state index is 11.4. The van der Waals surface area contributed by atoms with Crippen molar-refractivity contribution >= 4 is 30.3 Å². The molecule has 0 atom stereocenters. The van der Waals surface area contributed by atoms with E-state index in [4.69, 9.17) is 0 Å². The summed E-state index contributed by atoms with van der Waals surface area (Å²) in [6.07, 6.45) is 5.66. The minimum Gasteiger partial charge on any atom is -0.315 e. The summed E-state index contributed by atoms with van der Waals surface area (Å²) >= 11 is -0.0513. The van der Waals surface area contributed by atoms with Crippen LogP contribution in [-0.4, -0.2) is 21.5 Å². The minimum absolute atomic E-state index is 0.0513. The Morgan fingerprint density at radius 3 is 3.23 bits per heavy atom. The molecule has 2 heterocycles. The van der Waals surface area contributed by atoms with Gasteiger partial charge in [-0.2, -0.15) is 0 Å². The van der Waals surface area contributed by atoms with Gasteiger partial charge >= 0.3 is 0 Å². The monoisotopic (exact) mass is 287 g/mol. The van der Waals surface area contributed by atoms with Gasteiger partial charge in [0.25, 0.3) is 0 Å². The van der Waals surface area contributed by atoms with E-state index in [-0.39, 0.29) is 26.6 Å². The first-order valence-corrected chi connectivity index (χ1v) is 6.49. The van der Waals surface area contributed by atoms with E-state index in [1.54, 1.807) is 4.90 Å². The van der Waals surface area contributed by atoms with E-state index < -0.39 is 0 Å². The Hall–Kier alpha value is -0.670. The van der Waals surface area contributed by atoms with Crippen molar-refractivity contribution in [2.75, 3.05) is 7.05 Å². The van der Waals surface area contributed by atoms with Crippen molar-refractivity contribution in [1.29, 1.82) is 0 Å². The second-order valence-corrected chi connectivity index (χ2v) is 4.98. The number of allylic oxidation sites excluding steroid dienone is 3. The lowest BCUT2D eigenvalue weighted by Gasteiger charge is -2.25. The largest absolute Gasteiger partial charge is 0.315 e. The number of nitrogens with zero attached hydrogens (tertiary/aromatic N) is 1. The Bertz CT molecular complexity index is 372. The molecule has 0 aromatic carbocycles. The third kappa shape index (κ3) is 1.67. The molecule has 0 aromatic heterocycles. The first kappa shape index (κ1) is 8.91. The van der Waals surface area contributed by atoms with Crippen LogP contribution < -0.4 is 0 Å². The summed E-state index contributed by atoms with van der Waals surface area (Å²) in [5.41, 5.74) is 2.33. The number of amides is 1. The van der Waals surface area contributed by atoms with E-state index in [0.29, 0.717) is 6.42 Å². The Labute approximate surface area is 87.4 Å². The third-order valence-corrected chi connectivity index (χ3v) is 3.64. The van der Waals surface area contributed by atoms with E-state index in [2.05, 4.69) is 13.8 Å². The van der Waals surface area contributed by atoms with Gasteiger partial charge in [-0.1, -0.05) is 9.74 Å². The highest BCUT2D eigenvalue weighted by molar-refractivity contribution is 14.2. The summed E-state index contributed by atoms with van der Waals surface area (Å²) in [4.78, 5) is 13.1. The average Bonchev–Trinajstić information content (AvgIpc) is 2.36. The molecule has 0 saturated heterocycles. The van der Waals surface area contributed by atoms with E-state index >= 15 is 0 Å². The van der Waals surface area contributed by atoms with Gasteiger partial charge in [-0.05, 0) is 36.8 Å². The van der Waals surface area contributed by atoms with Crippen LogP contribution in [0.2, 0.25) is 0 Å². The van der Waals surface area contributed by atoms with Gasteiger partial charge in [0.15, 0.2) is 0 Å². The Morgan fingerprint density at radius 1 is 1.54 bits per heavy atom. The Balaban J connectivity index is 2.47. The summed E-state index contributed by atoms with van der Waals surface area (Å²) in [7, 11) is 1.84. The van der Waals surface area contributed by atoms with Gasteiger partial charge < -0.3 is 4.90 Å². The first-order chi connectivity index (χ1) is 6.29. The molecular weight excluding hydrogens is 277 g/mol. The number of hydrogen-bond acceptors (Lipinski definition) is 1. The summed E-state index contributed by atoms with van der Waals surface area (Å²) in [5, 5.41) is 0. The summed E-state index contributed by atoms with van der Waals surface area (Å²) < 4.78 is 5.44. The molecule has 0 spiro atoms. The van der Waals surface area contributed by atoms with E-state index in [1.807, 2.05) is 13.1 Å². The molecule has 2 aliphatic heterocycles. The van der Waals surface area contributed by atoms with Gasteiger partial charge in [0, 0.05) is 19.5 Å². The molecule has 68 valence electrons. The molecule has 13 heavy (non-hydrogen) atoms. The fourth-order valence-electron chi connectivity index (χ4n) is 1.47. The van der Waals surface area contributed by atoms with Crippen molar-refractivity contribution in [3.8, 4) is 0 Å². The predicted molar refractivity (Wildman–Crippen MR) is 61.8 cm³/mol. The van der Waals surface area contributed by atoms with Crippen molar-refractivity contribution < 1.29 is 4.79 Å². The highest BCUT2D eigenvalue weighted by Crippen LogP contribution is 2.25. The van der Waals surface area contributed by atoms with Crippen LogP contribution >= 0.6 is 20.7 Å². The van der Waals surface area contributed by atoms with Crippen molar-refractivity contribution in [2.45, 2.75) is 12.8 Å². The maximum atomic E-state index is 11.4. The van der Waals surface area contributed by atoms with E-state index in [1.165, 1.54) is 5.57 Å². The van der Waals surface area contributed by atoms with Crippen molar-refractivity contribution in [3.05, 3.63) is 27.5 Å². The molecule has 0 aromatic rings. The Morgan fingerprint density at radius 2 is 2.38 bits per heavy atom. The maximum Gasteiger partial charge on any atom is 0.227 e. The van der Waals surface area contributed by atoms with Crippen LogP contribution in [0.4, 0.5) is 0 Å². The molecule has 0 radical (unpaired) electrons. The molecule has 3 heteroatoms. The zero-order valence-corrected chi connectivity index (χ0v) is 9.54. The lowest BCUT2D eigenvalue weighted by atomic mass is 10.0. The van der Waals surface area contributed by atoms with E-state index in [0.717, 1.165) is 12.1 Å². The van der Waals surface area contributed by atoms with E-state index in [9.17, 15) is 4.79 Å². The normalized spacial score (nSPS) is 21.3. The van der Waals surface area contributed by atoms with Crippen molar-refractivity contribution in [2.24, 2.45) is 0 Å². The topological polar surface area (TPSA) is 20.3 Å². The molecule has 0 unspecified atom stereocenters. The summed E-state index contributed by atoms with van der Waals surface area (Å²) in [6.45, 7) is 0. The van der Waals surface area contributed by atoms with Gasteiger partial charge in [-0.3, -0.25) is 4.79 Å². The van der Waals surface area contributed by atoms with Crippen molar-refractivity contribution in [3.63, 3.8) is 0 Å². The molecule has 2 nitrogen and oxygen atoms in total. The molecule has 0 N–H and O–H groups in total. The summed E-state index contributed by atoms with van der Waals surface area (Å²) in [6, 6.07) is 0. The van der Waals surface area contributed by atoms with Crippen LogP contribution in [0.25, 0.3) is 0 Å². The van der Waals surface area contributed by atoms with Gasteiger partial charge in [0.1, 0.15) is 0 Å². The van der Waals surface area contributed by atoms with Crippen LogP contribution in [0.15, 0.2) is 27.5 Å². The van der Waals surface area contributed by atoms with Crippen LogP contribution in [0.3, 0.4) is 0 Å². The number of carbonyl (C=O) groups excluding carboxylic acids is 1. The standard InChI is InChI=1S/C10H10INO/c1-12-9-5-7-11-6-4-8(9)2-3-10(12)13/h4-6H,2-3H2,1H3. The predicted octanol–water partition coefficient (Wildman–Crippen LogP) is 1.95. The quantitative estimate of drug-likeness (QED) is 0.624. The molecule has 2 aliphatic rings. The fraction of sp³-hybridized carbons (Fsp3) is 0.300. The zero-order valence-electron chi connectivity index (χ0n) is 7.38. The Kier molecular flexibility index (Phi) is 2.47. The highest BCUT2D eigenvalue weighted by atomic mass is 127.